The van der Waals surface area contributed by atoms with Crippen LogP contribution in [0.5, 0.6) is 0 Å². The predicted molar refractivity (Wildman–Crippen MR) is 87.8 cm³/mol. The van der Waals surface area contributed by atoms with Crippen LogP contribution in [0.4, 0.5) is 4.79 Å². The molecule has 2 N–H and O–H groups in total. The number of carbonyl (C=O) groups is 3. The summed E-state index contributed by atoms with van der Waals surface area (Å²) >= 11 is 0. The third-order valence-corrected chi connectivity index (χ3v) is 3.15. The van der Waals surface area contributed by atoms with Gasteiger partial charge in [-0.05, 0) is 18.1 Å². The highest BCUT2D eigenvalue weighted by molar-refractivity contribution is 5.95. The average molecular weight is 349 g/mol. The number of imide groups is 1. The molecular formula is C16H19N3O6. The van der Waals surface area contributed by atoms with Crippen LogP contribution in [0.25, 0.3) is 11.1 Å². The molecule has 2 rings (SSSR count). The van der Waals surface area contributed by atoms with Gasteiger partial charge in [-0.1, -0.05) is 26.0 Å². The lowest BCUT2D eigenvalue weighted by Gasteiger charge is -2.09. The number of benzene rings is 1. The number of hydrogen-bond donors (Lipinski definition) is 2. The number of rotatable bonds is 6. The molecule has 0 fully saturated rings. The molecule has 0 unspecified atom stereocenters. The van der Waals surface area contributed by atoms with Crippen LogP contribution in [0, 0.1) is 5.92 Å². The molecule has 9 nitrogen and oxygen atoms in total. The van der Waals surface area contributed by atoms with E-state index in [2.05, 4.69) is 5.32 Å². The van der Waals surface area contributed by atoms with Crippen molar-refractivity contribution in [2.75, 3.05) is 13.2 Å². The highest BCUT2D eigenvalue weighted by atomic mass is 16.5. The van der Waals surface area contributed by atoms with Gasteiger partial charge in [0.15, 0.2) is 12.2 Å². The van der Waals surface area contributed by atoms with Gasteiger partial charge in [-0.25, -0.2) is 9.59 Å². The summed E-state index contributed by atoms with van der Waals surface area (Å²) in [5.41, 5.74) is 0.793. The summed E-state index contributed by atoms with van der Waals surface area (Å²) in [6, 6.07) is 5.96. The summed E-state index contributed by atoms with van der Waals surface area (Å²) in [6.07, 6.45) is 0. The maximum absolute atomic E-state index is 11.8. The van der Waals surface area contributed by atoms with Gasteiger partial charge in [-0.2, -0.15) is 0 Å². The van der Waals surface area contributed by atoms with Crippen molar-refractivity contribution in [3.05, 3.63) is 34.8 Å². The molecule has 0 saturated carbocycles. The number of oxazole rings is 1. The first kappa shape index (κ1) is 18.2. The van der Waals surface area contributed by atoms with E-state index in [0.29, 0.717) is 17.6 Å². The second-order valence-electron chi connectivity index (χ2n) is 5.73. The van der Waals surface area contributed by atoms with E-state index in [-0.39, 0.29) is 5.92 Å². The molecule has 134 valence electrons. The van der Waals surface area contributed by atoms with Crippen molar-refractivity contribution in [1.82, 2.24) is 15.2 Å². The Morgan fingerprint density at radius 3 is 2.68 bits per heavy atom. The molecule has 0 spiro atoms. The fraction of sp³-hybridized carbons (Fsp3) is 0.375. The van der Waals surface area contributed by atoms with Crippen molar-refractivity contribution < 1.29 is 23.5 Å². The Morgan fingerprint density at radius 2 is 1.96 bits per heavy atom. The van der Waals surface area contributed by atoms with Crippen molar-refractivity contribution >= 4 is 29.0 Å². The Labute approximate surface area is 142 Å². The van der Waals surface area contributed by atoms with Crippen LogP contribution >= 0.6 is 0 Å². The van der Waals surface area contributed by atoms with E-state index in [9.17, 15) is 19.2 Å². The number of urea groups is 1. The Kier molecular flexibility index (Phi) is 5.93. The maximum Gasteiger partial charge on any atom is 0.420 e. The van der Waals surface area contributed by atoms with Gasteiger partial charge in [0, 0.05) is 6.54 Å². The van der Waals surface area contributed by atoms with Crippen LogP contribution in [0.3, 0.4) is 0 Å². The molecule has 0 aliphatic carbocycles. The minimum Gasteiger partial charge on any atom is -0.454 e. The average Bonchev–Trinajstić information content (AvgIpc) is 2.87. The Hall–Kier alpha value is -3.10. The summed E-state index contributed by atoms with van der Waals surface area (Å²) < 4.78 is 10.9. The van der Waals surface area contributed by atoms with Gasteiger partial charge in [0.05, 0.1) is 5.52 Å². The Bertz CT molecular complexity index is 836. The molecular weight excluding hydrogens is 330 g/mol. The fourth-order valence-corrected chi connectivity index (χ4v) is 1.99. The van der Waals surface area contributed by atoms with Gasteiger partial charge >= 0.3 is 17.8 Å². The lowest BCUT2D eigenvalue weighted by Crippen LogP contribution is -2.42. The van der Waals surface area contributed by atoms with Crippen LogP contribution in [0.1, 0.15) is 13.8 Å². The zero-order valence-corrected chi connectivity index (χ0v) is 13.9. The molecule has 3 amide bonds. The minimum absolute atomic E-state index is 0.238. The quantitative estimate of drug-likeness (QED) is 0.738. The van der Waals surface area contributed by atoms with Crippen LogP contribution in [-0.4, -0.2) is 35.6 Å². The van der Waals surface area contributed by atoms with Crippen LogP contribution in [0.15, 0.2) is 33.5 Å². The highest BCUT2D eigenvalue weighted by Gasteiger charge is 2.15. The largest absolute Gasteiger partial charge is 0.454 e. The van der Waals surface area contributed by atoms with Crippen molar-refractivity contribution in [1.29, 1.82) is 0 Å². The molecule has 2 aromatic rings. The third-order valence-electron chi connectivity index (χ3n) is 3.15. The topological polar surface area (TPSA) is 120 Å². The number of aromatic nitrogens is 1. The van der Waals surface area contributed by atoms with Gasteiger partial charge < -0.3 is 14.5 Å². The van der Waals surface area contributed by atoms with E-state index >= 15 is 0 Å². The van der Waals surface area contributed by atoms with E-state index in [0.717, 1.165) is 4.57 Å². The number of amides is 3. The highest BCUT2D eigenvalue weighted by Crippen LogP contribution is 2.11. The Balaban J connectivity index is 1.84. The number of ether oxygens (including phenoxy) is 1. The number of fused-ring (bicyclic) bond motifs is 1. The van der Waals surface area contributed by atoms with Gasteiger partial charge in [0.2, 0.25) is 0 Å². The Morgan fingerprint density at radius 1 is 1.24 bits per heavy atom. The summed E-state index contributed by atoms with van der Waals surface area (Å²) in [7, 11) is 0. The van der Waals surface area contributed by atoms with E-state index in [4.69, 9.17) is 9.15 Å². The normalized spacial score (nSPS) is 10.7. The number of esters is 1. The zero-order valence-electron chi connectivity index (χ0n) is 13.9. The minimum atomic E-state index is -0.800. The second-order valence-corrected chi connectivity index (χ2v) is 5.73. The van der Waals surface area contributed by atoms with E-state index in [1.165, 1.54) is 0 Å². The van der Waals surface area contributed by atoms with Crippen LogP contribution in [0.2, 0.25) is 0 Å². The predicted octanol–water partition coefficient (Wildman–Crippen LogP) is 0.620. The molecule has 0 aliphatic rings. The van der Waals surface area contributed by atoms with Crippen molar-refractivity contribution in [2.24, 2.45) is 5.92 Å². The van der Waals surface area contributed by atoms with Crippen molar-refractivity contribution in [3.8, 4) is 0 Å². The number of nitrogens with one attached hydrogen (secondary N) is 2. The molecule has 0 aliphatic heterocycles. The van der Waals surface area contributed by atoms with Gasteiger partial charge in [-0.15, -0.1) is 0 Å². The van der Waals surface area contributed by atoms with E-state index < -0.39 is 36.8 Å². The summed E-state index contributed by atoms with van der Waals surface area (Å²) in [5, 5.41) is 4.53. The molecule has 1 heterocycles. The first-order valence-corrected chi connectivity index (χ1v) is 7.68. The molecule has 9 heteroatoms. The number of para-hydroxylation sites is 2. The summed E-state index contributed by atoms with van der Waals surface area (Å²) in [6.45, 7) is 3.20. The molecule has 0 radical (unpaired) electrons. The summed E-state index contributed by atoms with van der Waals surface area (Å²) in [4.78, 5) is 46.5. The van der Waals surface area contributed by atoms with E-state index in [1.807, 2.05) is 19.2 Å². The second kappa shape index (κ2) is 8.13. The van der Waals surface area contributed by atoms with Gasteiger partial charge in [-0.3, -0.25) is 19.5 Å². The summed E-state index contributed by atoms with van der Waals surface area (Å²) in [5.74, 6) is -2.03. The molecule has 0 saturated heterocycles. The number of carbonyl (C=O) groups excluding carboxylic acids is 3. The van der Waals surface area contributed by atoms with Crippen LogP contribution in [-0.2, 0) is 20.9 Å². The fourth-order valence-electron chi connectivity index (χ4n) is 1.99. The van der Waals surface area contributed by atoms with Crippen molar-refractivity contribution in [2.45, 2.75) is 20.4 Å². The van der Waals surface area contributed by atoms with Gasteiger partial charge in [0.25, 0.3) is 5.91 Å². The smallest absolute Gasteiger partial charge is 0.420 e. The SMILES string of the molecule is CC(C)CNC(=O)NC(=O)COC(=O)Cn1c(=O)oc2ccccc21. The first-order chi connectivity index (χ1) is 11.9. The lowest BCUT2D eigenvalue weighted by atomic mass is 10.2. The van der Waals surface area contributed by atoms with E-state index in [1.54, 1.807) is 24.3 Å². The molecule has 25 heavy (non-hydrogen) atoms. The third kappa shape index (κ3) is 5.20. The monoisotopic (exact) mass is 349 g/mol. The molecule has 1 aromatic heterocycles. The molecule has 1 aromatic carbocycles. The molecule has 0 atom stereocenters. The lowest BCUT2D eigenvalue weighted by molar-refractivity contribution is -0.148. The molecule has 0 bridgehead atoms. The standard InChI is InChI=1S/C16H19N3O6/c1-10(2)7-17-15(22)18-13(20)9-24-14(21)8-19-11-5-3-4-6-12(11)25-16(19)23/h3-6,10H,7-9H2,1-2H3,(H2,17,18,20,22). The van der Waals surface area contributed by atoms with Crippen LogP contribution < -0.4 is 16.4 Å². The number of nitrogens with zero attached hydrogens (tertiary/aromatic N) is 1. The van der Waals surface area contributed by atoms with Crippen molar-refractivity contribution in [3.63, 3.8) is 0 Å². The number of hydrogen-bond acceptors (Lipinski definition) is 6. The maximum atomic E-state index is 11.8. The first-order valence-electron chi connectivity index (χ1n) is 7.68. The van der Waals surface area contributed by atoms with Gasteiger partial charge in [0.1, 0.15) is 6.54 Å². The zero-order chi connectivity index (χ0) is 18.4.